The summed E-state index contributed by atoms with van der Waals surface area (Å²) < 4.78 is 11.1. The molecule has 1 heterocycles. The summed E-state index contributed by atoms with van der Waals surface area (Å²) in [4.78, 5) is 7.29. The molecule has 0 aliphatic carbocycles. The highest BCUT2D eigenvalue weighted by molar-refractivity contribution is 5.43. The minimum Gasteiger partial charge on any atom is -0.493 e. The van der Waals surface area contributed by atoms with Gasteiger partial charge in [-0.3, -0.25) is 0 Å². The molecule has 0 spiro atoms. The van der Waals surface area contributed by atoms with Crippen molar-refractivity contribution in [3.05, 3.63) is 42.0 Å². The van der Waals surface area contributed by atoms with Crippen molar-refractivity contribution in [3.63, 3.8) is 0 Å². The first-order valence-electron chi connectivity index (χ1n) is 7.21. The van der Waals surface area contributed by atoms with E-state index in [9.17, 15) is 0 Å². The predicted octanol–water partition coefficient (Wildman–Crippen LogP) is 2.54. The number of hydrogen-bond donors (Lipinski definition) is 2. The first-order chi connectivity index (χ1) is 10.2. The van der Waals surface area contributed by atoms with E-state index < -0.39 is 0 Å². The van der Waals surface area contributed by atoms with Crippen molar-refractivity contribution in [1.82, 2.24) is 15.3 Å². The van der Waals surface area contributed by atoms with Gasteiger partial charge >= 0.3 is 0 Å². The van der Waals surface area contributed by atoms with Gasteiger partial charge in [0.15, 0.2) is 11.5 Å². The lowest BCUT2D eigenvalue weighted by Gasteiger charge is -2.14. The van der Waals surface area contributed by atoms with Crippen molar-refractivity contribution in [3.8, 4) is 11.5 Å². The van der Waals surface area contributed by atoms with Crippen LogP contribution >= 0.6 is 0 Å². The number of ether oxygens (including phenoxy) is 2. The van der Waals surface area contributed by atoms with Crippen LogP contribution in [0, 0.1) is 0 Å². The second-order valence-corrected chi connectivity index (χ2v) is 5.11. The molecule has 0 saturated carbocycles. The fourth-order valence-corrected chi connectivity index (χ4v) is 2.05. The Balaban J connectivity index is 1.85. The van der Waals surface area contributed by atoms with Crippen LogP contribution in [0.5, 0.6) is 11.5 Å². The molecule has 5 heteroatoms. The van der Waals surface area contributed by atoms with Crippen LogP contribution in [0.4, 0.5) is 0 Å². The van der Waals surface area contributed by atoms with Crippen molar-refractivity contribution in [2.24, 2.45) is 0 Å². The number of hydrogen-bond acceptors (Lipinski definition) is 4. The van der Waals surface area contributed by atoms with Crippen LogP contribution in [0.25, 0.3) is 0 Å². The molecule has 0 atom stereocenters. The molecule has 0 saturated heterocycles. The summed E-state index contributed by atoms with van der Waals surface area (Å²) in [5, 5.41) is 3.40. The van der Waals surface area contributed by atoms with Gasteiger partial charge in [0.05, 0.1) is 13.2 Å². The number of benzene rings is 1. The van der Waals surface area contributed by atoms with Gasteiger partial charge in [-0.2, -0.15) is 0 Å². The minimum absolute atomic E-state index is 0.135. The summed E-state index contributed by atoms with van der Waals surface area (Å²) in [5.74, 6) is 2.56. The van der Waals surface area contributed by atoms with E-state index in [1.165, 1.54) is 5.56 Å². The fourth-order valence-electron chi connectivity index (χ4n) is 2.05. The number of aromatic amines is 1. The second kappa shape index (κ2) is 7.69. The molecule has 0 bridgehead atoms. The molecule has 0 fully saturated rings. The van der Waals surface area contributed by atoms with E-state index in [1.54, 1.807) is 13.3 Å². The monoisotopic (exact) mass is 289 g/mol. The number of H-pyrrole nitrogens is 1. The van der Waals surface area contributed by atoms with Crippen LogP contribution in [0.15, 0.2) is 30.6 Å². The van der Waals surface area contributed by atoms with E-state index in [0.29, 0.717) is 0 Å². The largest absolute Gasteiger partial charge is 0.493 e. The number of nitrogens with one attached hydrogen (secondary N) is 2. The fraction of sp³-hybridized carbons (Fsp3) is 0.438. The third kappa shape index (κ3) is 4.79. The number of methoxy groups -OCH3 is 1. The molecule has 114 valence electrons. The maximum Gasteiger partial charge on any atom is 0.161 e. The zero-order chi connectivity index (χ0) is 15.1. The SMILES string of the molecule is COc1cc(CNCCc2ncc[nH]2)ccc1OC(C)C. The van der Waals surface area contributed by atoms with Gasteiger partial charge in [0.1, 0.15) is 5.82 Å². The summed E-state index contributed by atoms with van der Waals surface area (Å²) in [6, 6.07) is 6.03. The summed E-state index contributed by atoms with van der Waals surface area (Å²) in [6.45, 7) is 5.67. The Morgan fingerprint density at radius 2 is 2.14 bits per heavy atom. The highest BCUT2D eigenvalue weighted by atomic mass is 16.5. The van der Waals surface area contributed by atoms with Crippen LogP contribution in [0.3, 0.4) is 0 Å². The molecule has 1 aromatic carbocycles. The highest BCUT2D eigenvalue weighted by Crippen LogP contribution is 2.28. The quantitative estimate of drug-likeness (QED) is 0.733. The van der Waals surface area contributed by atoms with Gasteiger partial charge in [0.2, 0.25) is 0 Å². The summed E-state index contributed by atoms with van der Waals surface area (Å²) in [5.41, 5.74) is 1.17. The van der Waals surface area contributed by atoms with E-state index in [4.69, 9.17) is 9.47 Å². The van der Waals surface area contributed by atoms with Crippen molar-refractivity contribution >= 4 is 0 Å². The van der Waals surface area contributed by atoms with Gasteiger partial charge in [0, 0.05) is 31.9 Å². The lowest BCUT2D eigenvalue weighted by atomic mass is 10.2. The highest BCUT2D eigenvalue weighted by Gasteiger charge is 2.07. The normalized spacial score (nSPS) is 10.9. The Morgan fingerprint density at radius 1 is 1.29 bits per heavy atom. The maximum absolute atomic E-state index is 5.71. The average Bonchev–Trinajstić information content (AvgIpc) is 2.97. The summed E-state index contributed by atoms with van der Waals surface area (Å²) >= 11 is 0. The average molecular weight is 289 g/mol. The molecule has 21 heavy (non-hydrogen) atoms. The Kier molecular flexibility index (Phi) is 5.63. The molecule has 0 aliphatic heterocycles. The Morgan fingerprint density at radius 3 is 2.81 bits per heavy atom. The molecule has 0 unspecified atom stereocenters. The van der Waals surface area contributed by atoms with Crippen molar-refractivity contribution < 1.29 is 9.47 Å². The van der Waals surface area contributed by atoms with Crippen LogP contribution in [-0.2, 0) is 13.0 Å². The van der Waals surface area contributed by atoms with Gasteiger partial charge in [-0.25, -0.2) is 4.98 Å². The summed E-state index contributed by atoms with van der Waals surface area (Å²) in [6.07, 6.45) is 4.64. The lowest BCUT2D eigenvalue weighted by molar-refractivity contribution is 0.230. The zero-order valence-corrected chi connectivity index (χ0v) is 12.8. The number of aromatic nitrogens is 2. The molecule has 1 aromatic heterocycles. The van der Waals surface area contributed by atoms with E-state index in [2.05, 4.69) is 21.4 Å². The molecule has 5 nitrogen and oxygen atoms in total. The topological polar surface area (TPSA) is 59.2 Å². The van der Waals surface area contributed by atoms with Crippen LogP contribution in [0.1, 0.15) is 25.2 Å². The van der Waals surface area contributed by atoms with Crippen LogP contribution < -0.4 is 14.8 Å². The van der Waals surface area contributed by atoms with Crippen molar-refractivity contribution in [1.29, 1.82) is 0 Å². The third-order valence-electron chi connectivity index (χ3n) is 3.01. The first-order valence-corrected chi connectivity index (χ1v) is 7.21. The number of nitrogens with zero attached hydrogens (tertiary/aromatic N) is 1. The Bertz CT molecular complexity index is 538. The molecule has 2 aromatic rings. The minimum atomic E-state index is 0.135. The molecule has 0 amide bonds. The van der Waals surface area contributed by atoms with E-state index in [-0.39, 0.29) is 6.10 Å². The maximum atomic E-state index is 5.71. The summed E-state index contributed by atoms with van der Waals surface area (Å²) in [7, 11) is 1.66. The van der Waals surface area contributed by atoms with Gasteiger partial charge < -0.3 is 19.8 Å². The standard InChI is InChI=1S/C16H23N3O2/c1-12(2)21-14-5-4-13(10-15(14)20-3)11-17-7-6-16-18-8-9-19-16/h4-5,8-10,12,17H,6-7,11H2,1-3H3,(H,18,19). The van der Waals surface area contributed by atoms with Crippen molar-refractivity contribution in [2.45, 2.75) is 32.9 Å². The van der Waals surface area contributed by atoms with Crippen LogP contribution in [-0.4, -0.2) is 29.7 Å². The molecule has 0 aliphatic rings. The molecular weight excluding hydrogens is 266 g/mol. The van der Waals surface area contributed by atoms with E-state index >= 15 is 0 Å². The predicted molar refractivity (Wildman–Crippen MR) is 82.8 cm³/mol. The van der Waals surface area contributed by atoms with E-state index in [0.717, 1.165) is 36.8 Å². The molecule has 2 N–H and O–H groups in total. The van der Waals surface area contributed by atoms with E-state index in [1.807, 2.05) is 32.2 Å². The number of rotatable bonds is 8. The van der Waals surface area contributed by atoms with Gasteiger partial charge in [-0.15, -0.1) is 0 Å². The molecule has 0 radical (unpaired) electrons. The number of imidazole rings is 1. The smallest absolute Gasteiger partial charge is 0.161 e. The zero-order valence-electron chi connectivity index (χ0n) is 12.8. The Labute approximate surface area is 125 Å². The van der Waals surface area contributed by atoms with Gasteiger partial charge in [0.25, 0.3) is 0 Å². The molecular formula is C16H23N3O2. The lowest BCUT2D eigenvalue weighted by Crippen LogP contribution is -2.17. The van der Waals surface area contributed by atoms with Crippen LogP contribution in [0.2, 0.25) is 0 Å². The molecule has 2 rings (SSSR count). The van der Waals surface area contributed by atoms with Gasteiger partial charge in [-0.05, 0) is 31.5 Å². The third-order valence-corrected chi connectivity index (χ3v) is 3.01. The van der Waals surface area contributed by atoms with Gasteiger partial charge in [-0.1, -0.05) is 6.07 Å². The first kappa shape index (κ1) is 15.4. The second-order valence-electron chi connectivity index (χ2n) is 5.11. The Hall–Kier alpha value is -2.01. The van der Waals surface area contributed by atoms with Crippen molar-refractivity contribution in [2.75, 3.05) is 13.7 Å².